The largest absolute Gasteiger partial charge is 0.389 e. The Balaban J connectivity index is 1.66. The van der Waals surface area contributed by atoms with Crippen molar-refractivity contribution in [3.63, 3.8) is 0 Å². The molecule has 1 fully saturated rings. The number of nitrogens with zero attached hydrogens (tertiary/aromatic N) is 1. The molecule has 1 amide bonds. The van der Waals surface area contributed by atoms with Crippen LogP contribution in [0, 0.1) is 0 Å². The number of amides is 1. The predicted octanol–water partition coefficient (Wildman–Crippen LogP) is 2.27. The van der Waals surface area contributed by atoms with Crippen LogP contribution in [-0.4, -0.2) is 28.1 Å². The molecule has 3 rings (SSSR count). The maximum atomic E-state index is 12.3. The molecule has 3 nitrogen and oxygen atoms in total. The Hall–Kier alpha value is -1.35. The van der Waals surface area contributed by atoms with Crippen LogP contribution in [0.15, 0.2) is 24.3 Å². The van der Waals surface area contributed by atoms with Crippen LogP contribution in [0.25, 0.3) is 0 Å². The van der Waals surface area contributed by atoms with Gasteiger partial charge in [0.05, 0.1) is 12.0 Å². The fraction of sp³-hybridized carbons (Fsp3) is 0.562. The van der Waals surface area contributed by atoms with E-state index in [0.717, 1.165) is 38.6 Å². The molecule has 19 heavy (non-hydrogen) atoms. The quantitative estimate of drug-likeness (QED) is 0.885. The third-order valence-electron chi connectivity index (χ3n) is 4.50. The summed E-state index contributed by atoms with van der Waals surface area (Å²) in [5.41, 5.74) is 1.88. The molecule has 1 saturated carbocycles. The normalized spacial score (nSPS) is 21.2. The average Bonchev–Trinajstić information content (AvgIpc) is 2.84. The number of hydrogen-bond donors (Lipinski definition) is 1. The summed E-state index contributed by atoms with van der Waals surface area (Å²) in [6.45, 7) is 1.48. The van der Waals surface area contributed by atoms with E-state index in [1.165, 1.54) is 11.1 Å². The Bertz CT molecular complexity index is 477. The molecule has 1 N–H and O–H groups in total. The molecule has 2 aliphatic rings. The van der Waals surface area contributed by atoms with Crippen LogP contribution in [0.5, 0.6) is 0 Å². The fourth-order valence-electron chi connectivity index (χ4n) is 3.31. The van der Waals surface area contributed by atoms with Crippen LogP contribution in [0.1, 0.15) is 43.2 Å². The lowest BCUT2D eigenvalue weighted by molar-refractivity contribution is -0.137. The smallest absolute Gasteiger partial charge is 0.225 e. The van der Waals surface area contributed by atoms with Gasteiger partial charge in [0.15, 0.2) is 0 Å². The van der Waals surface area contributed by atoms with Gasteiger partial charge in [0.25, 0.3) is 0 Å². The van der Waals surface area contributed by atoms with Crippen LogP contribution >= 0.6 is 0 Å². The zero-order valence-corrected chi connectivity index (χ0v) is 11.3. The van der Waals surface area contributed by atoms with Crippen LogP contribution in [-0.2, 0) is 17.8 Å². The molecule has 0 bridgehead atoms. The summed E-state index contributed by atoms with van der Waals surface area (Å²) >= 11 is 0. The Morgan fingerprint density at radius 2 is 1.89 bits per heavy atom. The van der Waals surface area contributed by atoms with Crippen molar-refractivity contribution < 1.29 is 9.90 Å². The molecule has 0 spiro atoms. The molecule has 1 aliphatic heterocycles. The van der Waals surface area contributed by atoms with Gasteiger partial charge >= 0.3 is 0 Å². The minimum Gasteiger partial charge on any atom is -0.389 e. The summed E-state index contributed by atoms with van der Waals surface area (Å²) in [4.78, 5) is 14.2. The molecule has 0 atom stereocenters. The molecular weight excluding hydrogens is 238 g/mol. The summed E-state index contributed by atoms with van der Waals surface area (Å²) in [7, 11) is 0. The summed E-state index contributed by atoms with van der Waals surface area (Å²) in [5, 5.41) is 10.3. The first-order valence-corrected chi connectivity index (χ1v) is 7.23. The minimum absolute atomic E-state index is 0.110. The average molecular weight is 259 g/mol. The predicted molar refractivity (Wildman–Crippen MR) is 73.6 cm³/mol. The lowest BCUT2D eigenvalue weighted by atomic mass is 9.95. The Morgan fingerprint density at radius 3 is 2.63 bits per heavy atom. The van der Waals surface area contributed by atoms with Crippen molar-refractivity contribution in [2.24, 2.45) is 0 Å². The number of fused-ring (bicyclic) bond motifs is 1. The first-order valence-electron chi connectivity index (χ1n) is 7.23. The van der Waals surface area contributed by atoms with Crippen LogP contribution in [0.3, 0.4) is 0 Å². The molecule has 0 saturated heterocycles. The van der Waals surface area contributed by atoms with Gasteiger partial charge in [-0.1, -0.05) is 37.1 Å². The maximum absolute atomic E-state index is 12.3. The second-order valence-corrected chi connectivity index (χ2v) is 5.94. The second kappa shape index (κ2) is 4.97. The number of hydrogen-bond acceptors (Lipinski definition) is 2. The number of aliphatic hydroxyl groups is 1. The van der Waals surface area contributed by atoms with Gasteiger partial charge in [0, 0.05) is 13.1 Å². The van der Waals surface area contributed by atoms with E-state index in [0.29, 0.717) is 13.0 Å². The zero-order chi connectivity index (χ0) is 13.3. The third-order valence-corrected chi connectivity index (χ3v) is 4.50. The van der Waals surface area contributed by atoms with Gasteiger partial charge in [-0.2, -0.15) is 0 Å². The molecular formula is C16H21NO2. The summed E-state index contributed by atoms with van der Waals surface area (Å²) in [6, 6.07) is 8.32. The van der Waals surface area contributed by atoms with Crippen molar-refractivity contribution >= 4 is 5.91 Å². The highest BCUT2D eigenvalue weighted by Crippen LogP contribution is 2.33. The van der Waals surface area contributed by atoms with Crippen molar-refractivity contribution in [1.29, 1.82) is 0 Å². The summed E-state index contributed by atoms with van der Waals surface area (Å²) in [5.74, 6) is 0.110. The van der Waals surface area contributed by atoms with Crippen LogP contribution in [0.4, 0.5) is 0 Å². The SMILES string of the molecule is O=C(CC1(O)CCCC1)N1CCc2ccccc2C1. The first kappa shape index (κ1) is 12.7. The molecule has 3 heteroatoms. The van der Waals surface area contributed by atoms with Crippen molar-refractivity contribution in [3.05, 3.63) is 35.4 Å². The second-order valence-electron chi connectivity index (χ2n) is 5.94. The Morgan fingerprint density at radius 1 is 1.21 bits per heavy atom. The van der Waals surface area contributed by atoms with E-state index in [4.69, 9.17) is 0 Å². The van der Waals surface area contributed by atoms with Gasteiger partial charge in [-0.25, -0.2) is 0 Å². The molecule has 0 unspecified atom stereocenters. The zero-order valence-electron chi connectivity index (χ0n) is 11.3. The van der Waals surface area contributed by atoms with E-state index in [1.807, 2.05) is 11.0 Å². The van der Waals surface area contributed by atoms with Gasteiger partial charge < -0.3 is 10.0 Å². The third kappa shape index (κ3) is 2.66. The maximum Gasteiger partial charge on any atom is 0.225 e. The van der Waals surface area contributed by atoms with Gasteiger partial charge in [0.1, 0.15) is 0 Å². The topological polar surface area (TPSA) is 40.5 Å². The lowest BCUT2D eigenvalue weighted by Crippen LogP contribution is -2.40. The van der Waals surface area contributed by atoms with E-state index in [1.54, 1.807) is 0 Å². The van der Waals surface area contributed by atoms with E-state index >= 15 is 0 Å². The number of rotatable bonds is 2. The molecule has 102 valence electrons. The highest BCUT2D eigenvalue weighted by atomic mass is 16.3. The van der Waals surface area contributed by atoms with Gasteiger partial charge in [-0.05, 0) is 30.4 Å². The molecule has 0 radical (unpaired) electrons. The van der Waals surface area contributed by atoms with Gasteiger partial charge in [-0.15, -0.1) is 0 Å². The molecule has 0 aromatic heterocycles. The van der Waals surface area contributed by atoms with Crippen molar-refractivity contribution in [1.82, 2.24) is 4.90 Å². The number of carbonyl (C=O) groups is 1. The van der Waals surface area contributed by atoms with E-state index in [9.17, 15) is 9.90 Å². The summed E-state index contributed by atoms with van der Waals surface area (Å²) in [6.07, 6.45) is 4.89. The highest BCUT2D eigenvalue weighted by Gasteiger charge is 2.35. The Labute approximate surface area is 114 Å². The first-order chi connectivity index (χ1) is 9.16. The standard InChI is InChI=1S/C16H21NO2/c18-15(11-16(19)8-3-4-9-16)17-10-7-13-5-1-2-6-14(13)12-17/h1-2,5-6,19H,3-4,7-12H2. The van der Waals surface area contributed by atoms with E-state index in [-0.39, 0.29) is 5.91 Å². The minimum atomic E-state index is -0.728. The number of carbonyl (C=O) groups excluding carboxylic acids is 1. The monoisotopic (exact) mass is 259 g/mol. The molecule has 1 heterocycles. The molecule has 1 aromatic rings. The fourth-order valence-corrected chi connectivity index (χ4v) is 3.31. The van der Waals surface area contributed by atoms with E-state index in [2.05, 4.69) is 18.2 Å². The summed E-state index contributed by atoms with van der Waals surface area (Å²) < 4.78 is 0. The van der Waals surface area contributed by atoms with Crippen molar-refractivity contribution in [2.75, 3.05) is 6.54 Å². The van der Waals surface area contributed by atoms with E-state index < -0.39 is 5.60 Å². The van der Waals surface area contributed by atoms with Crippen LogP contribution < -0.4 is 0 Å². The number of benzene rings is 1. The molecule has 1 aliphatic carbocycles. The van der Waals surface area contributed by atoms with Gasteiger partial charge in [0.2, 0.25) is 5.91 Å². The Kier molecular flexibility index (Phi) is 3.31. The molecule has 1 aromatic carbocycles. The van der Waals surface area contributed by atoms with Gasteiger partial charge in [-0.3, -0.25) is 4.79 Å². The van der Waals surface area contributed by atoms with Crippen LogP contribution in [0.2, 0.25) is 0 Å². The van der Waals surface area contributed by atoms with Crippen molar-refractivity contribution in [3.8, 4) is 0 Å². The lowest BCUT2D eigenvalue weighted by Gasteiger charge is -2.31. The van der Waals surface area contributed by atoms with Crippen molar-refractivity contribution in [2.45, 2.75) is 50.7 Å². The highest BCUT2D eigenvalue weighted by molar-refractivity contribution is 5.77.